The highest BCUT2D eigenvalue weighted by Gasteiger charge is 2.52. The third-order valence-electron chi connectivity index (χ3n) is 6.44. The summed E-state index contributed by atoms with van der Waals surface area (Å²) in [5, 5.41) is 13.5. The van der Waals surface area contributed by atoms with Gasteiger partial charge >= 0.3 is 6.18 Å². The fourth-order valence-electron chi connectivity index (χ4n) is 4.52. The summed E-state index contributed by atoms with van der Waals surface area (Å²) in [5.41, 5.74) is -0.733. The molecule has 0 bridgehead atoms. The molecule has 4 rings (SSSR count). The molecule has 0 radical (unpaired) electrons. The third-order valence-corrected chi connectivity index (χ3v) is 6.75. The molecule has 2 aromatic carbocycles. The van der Waals surface area contributed by atoms with Crippen molar-refractivity contribution in [1.82, 2.24) is 5.32 Å². The van der Waals surface area contributed by atoms with Gasteiger partial charge in [-0.2, -0.15) is 13.2 Å². The Bertz CT molecular complexity index is 1130. The van der Waals surface area contributed by atoms with Gasteiger partial charge in [-0.05, 0) is 79.1 Å². The van der Waals surface area contributed by atoms with E-state index in [9.17, 15) is 31.9 Å². The maximum Gasteiger partial charge on any atom is 0.391 e. The van der Waals surface area contributed by atoms with Crippen LogP contribution in [0.5, 0.6) is 0 Å². The molecule has 3 nitrogen and oxygen atoms in total. The van der Waals surface area contributed by atoms with E-state index in [1.807, 2.05) is 0 Å². The standard InChI is InChI=1S/C23H19ClF5NO2/c1-11-15(8-13(10-17(11)25)12-2-3-16(24)18(26)9-12)19-20(31)22(30-21(19)32)6-4-14(5-7-22)23(27,28)29/h2-3,8-10,14,31H,4-7H2,1H3,(H,30,32)/t14-,22-. The molecule has 170 valence electrons. The lowest BCUT2D eigenvalue weighted by Crippen LogP contribution is -2.48. The van der Waals surface area contributed by atoms with Crippen LogP contribution in [0, 0.1) is 24.5 Å². The van der Waals surface area contributed by atoms with Crippen LogP contribution in [0.3, 0.4) is 0 Å². The van der Waals surface area contributed by atoms with Gasteiger partial charge in [-0.25, -0.2) is 8.78 Å². The maximum atomic E-state index is 14.7. The Kier molecular flexibility index (Phi) is 5.48. The highest BCUT2D eigenvalue weighted by molar-refractivity contribution is 6.30. The molecule has 0 unspecified atom stereocenters. The van der Waals surface area contributed by atoms with Crippen molar-refractivity contribution in [2.45, 2.75) is 44.3 Å². The van der Waals surface area contributed by atoms with E-state index in [1.54, 1.807) is 0 Å². The minimum atomic E-state index is -4.34. The molecule has 1 fully saturated rings. The number of alkyl halides is 3. The van der Waals surface area contributed by atoms with E-state index < -0.39 is 35.2 Å². The summed E-state index contributed by atoms with van der Waals surface area (Å²) >= 11 is 5.71. The first-order valence-electron chi connectivity index (χ1n) is 10.0. The zero-order chi connectivity index (χ0) is 23.4. The predicted molar refractivity (Wildman–Crippen MR) is 110 cm³/mol. The Balaban J connectivity index is 1.76. The van der Waals surface area contributed by atoms with Crippen molar-refractivity contribution >= 4 is 23.1 Å². The Labute approximate surface area is 185 Å². The molecule has 32 heavy (non-hydrogen) atoms. The van der Waals surface area contributed by atoms with Gasteiger partial charge in [-0.3, -0.25) is 4.79 Å². The fraction of sp³-hybridized carbons (Fsp3) is 0.348. The van der Waals surface area contributed by atoms with Crippen LogP contribution in [-0.2, 0) is 4.79 Å². The first kappa shape index (κ1) is 22.6. The van der Waals surface area contributed by atoms with Crippen molar-refractivity contribution in [2.75, 3.05) is 0 Å². The largest absolute Gasteiger partial charge is 0.509 e. The normalized spacial score (nSPS) is 23.7. The van der Waals surface area contributed by atoms with Gasteiger partial charge in [-0.15, -0.1) is 0 Å². The van der Waals surface area contributed by atoms with Gasteiger partial charge in [0.2, 0.25) is 0 Å². The minimum Gasteiger partial charge on any atom is -0.509 e. The van der Waals surface area contributed by atoms with Crippen molar-refractivity contribution in [3.05, 3.63) is 63.9 Å². The van der Waals surface area contributed by atoms with Gasteiger partial charge in [0.05, 0.1) is 22.1 Å². The highest BCUT2D eigenvalue weighted by atomic mass is 35.5. The second-order valence-corrected chi connectivity index (χ2v) is 8.74. The summed E-state index contributed by atoms with van der Waals surface area (Å²) < 4.78 is 67.8. The number of aliphatic hydroxyl groups excluding tert-OH is 1. The molecule has 0 saturated heterocycles. The van der Waals surface area contributed by atoms with Crippen LogP contribution in [0.1, 0.15) is 36.8 Å². The predicted octanol–water partition coefficient (Wildman–Crippen LogP) is 6.48. The molecule has 1 aliphatic carbocycles. The molecule has 2 aliphatic rings. The molecule has 2 N–H and O–H groups in total. The van der Waals surface area contributed by atoms with Gasteiger partial charge in [0.25, 0.3) is 5.91 Å². The summed E-state index contributed by atoms with van der Waals surface area (Å²) in [4.78, 5) is 12.8. The van der Waals surface area contributed by atoms with E-state index >= 15 is 0 Å². The van der Waals surface area contributed by atoms with Gasteiger partial charge in [0.15, 0.2) is 0 Å². The topological polar surface area (TPSA) is 49.3 Å². The molecule has 0 aromatic heterocycles. The van der Waals surface area contributed by atoms with Crippen molar-refractivity contribution in [2.24, 2.45) is 5.92 Å². The summed E-state index contributed by atoms with van der Waals surface area (Å²) in [6.07, 6.45) is -4.98. The maximum absolute atomic E-state index is 14.7. The molecule has 1 spiro atoms. The van der Waals surface area contributed by atoms with E-state index in [0.29, 0.717) is 5.56 Å². The van der Waals surface area contributed by atoms with Gasteiger partial charge < -0.3 is 10.4 Å². The van der Waals surface area contributed by atoms with Gasteiger partial charge in [0.1, 0.15) is 17.4 Å². The number of hydrogen-bond acceptors (Lipinski definition) is 2. The summed E-state index contributed by atoms with van der Waals surface area (Å²) in [6.45, 7) is 1.43. The lowest BCUT2D eigenvalue weighted by atomic mass is 9.75. The van der Waals surface area contributed by atoms with Crippen LogP contribution in [0.15, 0.2) is 36.1 Å². The molecule has 1 saturated carbocycles. The number of halogens is 6. The number of carbonyl (C=O) groups is 1. The quantitative estimate of drug-likeness (QED) is 0.492. The van der Waals surface area contributed by atoms with Crippen LogP contribution >= 0.6 is 11.6 Å². The number of carbonyl (C=O) groups excluding carboxylic acids is 1. The number of nitrogens with one attached hydrogen (secondary N) is 1. The lowest BCUT2D eigenvalue weighted by Gasteiger charge is -2.37. The van der Waals surface area contributed by atoms with Crippen molar-refractivity contribution in [3.8, 4) is 11.1 Å². The number of aliphatic hydroxyl groups is 1. The first-order valence-corrected chi connectivity index (χ1v) is 10.4. The Morgan fingerprint density at radius 3 is 2.28 bits per heavy atom. The van der Waals surface area contributed by atoms with E-state index in [1.165, 1.54) is 31.2 Å². The molecule has 1 heterocycles. The van der Waals surface area contributed by atoms with E-state index in [4.69, 9.17) is 11.6 Å². The van der Waals surface area contributed by atoms with E-state index in [2.05, 4.69) is 5.32 Å². The number of benzene rings is 2. The van der Waals surface area contributed by atoms with Crippen LogP contribution in [0.25, 0.3) is 16.7 Å². The monoisotopic (exact) mass is 471 g/mol. The summed E-state index contributed by atoms with van der Waals surface area (Å²) in [6, 6.07) is 6.56. The van der Waals surface area contributed by atoms with Crippen molar-refractivity contribution in [1.29, 1.82) is 0 Å². The van der Waals surface area contributed by atoms with E-state index in [0.717, 1.165) is 6.07 Å². The van der Waals surface area contributed by atoms with Crippen LogP contribution in [0.2, 0.25) is 5.02 Å². The van der Waals surface area contributed by atoms with Crippen molar-refractivity contribution in [3.63, 3.8) is 0 Å². The SMILES string of the molecule is Cc1c(F)cc(-c2ccc(Cl)c(F)c2)cc1C1=C(O)[C@]2(CC[C@@H](C(F)(F)F)CC2)NC1=O. The Morgan fingerprint density at radius 1 is 1.06 bits per heavy atom. The number of hydrogen-bond donors (Lipinski definition) is 2. The Morgan fingerprint density at radius 2 is 1.69 bits per heavy atom. The minimum absolute atomic E-state index is 0.0815. The fourth-order valence-corrected chi connectivity index (χ4v) is 4.63. The molecule has 1 amide bonds. The summed E-state index contributed by atoms with van der Waals surface area (Å²) in [7, 11) is 0. The lowest BCUT2D eigenvalue weighted by molar-refractivity contribution is -0.184. The van der Waals surface area contributed by atoms with Gasteiger partial charge in [-0.1, -0.05) is 17.7 Å². The zero-order valence-corrected chi connectivity index (χ0v) is 17.7. The smallest absolute Gasteiger partial charge is 0.391 e. The van der Waals surface area contributed by atoms with Crippen LogP contribution in [-0.4, -0.2) is 22.7 Å². The molecular weight excluding hydrogens is 453 g/mol. The average Bonchev–Trinajstić information content (AvgIpc) is 2.95. The number of amides is 1. The zero-order valence-electron chi connectivity index (χ0n) is 16.9. The molecule has 0 atom stereocenters. The first-order chi connectivity index (χ1) is 14.9. The molecule has 2 aromatic rings. The average molecular weight is 472 g/mol. The highest BCUT2D eigenvalue weighted by Crippen LogP contribution is 2.47. The Hall–Kier alpha value is -2.61. The van der Waals surface area contributed by atoms with Crippen LogP contribution in [0.4, 0.5) is 22.0 Å². The third kappa shape index (κ3) is 3.74. The molecular formula is C23H19ClF5NO2. The summed E-state index contributed by atoms with van der Waals surface area (Å²) in [5.74, 6) is -3.94. The van der Waals surface area contributed by atoms with E-state index in [-0.39, 0.29) is 58.7 Å². The number of rotatable bonds is 2. The second-order valence-electron chi connectivity index (χ2n) is 8.34. The van der Waals surface area contributed by atoms with Crippen LogP contribution < -0.4 is 5.32 Å². The molecule has 1 aliphatic heterocycles. The van der Waals surface area contributed by atoms with Crippen molar-refractivity contribution < 1.29 is 31.9 Å². The molecule has 9 heteroatoms. The second kappa shape index (κ2) is 7.76. The van der Waals surface area contributed by atoms with Gasteiger partial charge in [0, 0.05) is 0 Å².